The molecule has 3 heterocycles. The number of rotatable bonds is 4. The fraction of sp³-hybridized carbons (Fsp3) is 0.545. The van der Waals surface area contributed by atoms with Gasteiger partial charge in [-0.05, 0) is 46.8 Å². The second-order valence-electron chi connectivity index (χ2n) is 9.32. The quantitative estimate of drug-likeness (QED) is 0.718. The van der Waals surface area contributed by atoms with Gasteiger partial charge in [0.2, 0.25) is 0 Å². The molecule has 0 spiro atoms. The van der Waals surface area contributed by atoms with Crippen molar-refractivity contribution in [3.63, 3.8) is 0 Å². The Morgan fingerprint density at radius 2 is 2.09 bits per heavy atom. The van der Waals surface area contributed by atoms with E-state index < -0.39 is 36.6 Å². The molecule has 2 aromatic rings. The number of carbonyl (C=O) groups is 1. The molecule has 10 heteroatoms. The van der Waals surface area contributed by atoms with Crippen LogP contribution in [-0.2, 0) is 4.74 Å². The molecule has 1 fully saturated rings. The monoisotopic (exact) mass is 446 g/mol. The molecule has 0 saturated carbocycles. The number of nitrogens with zero attached hydrogens (tertiary/aromatic N) is 4. The molecule has 1 saturated heterocycles. The summed E-state index contributed by atoms with van der Waals surface area (Å²) in [6.45, 7) is 8.34. The molecule has 3 rings (SSSR count). The minimum Gasteiger partial charge on any atom is -0.444 e. The van der Waals surface area contributed by atoms with Crippen LogP contribution >= 0.6 is 0 Å². The van der Waals surface area contributed by atoms with Gasteiger partial charge < -0.3 is 20.3 Å². The first-order valence-electron chi connectivity index (χ1n) is 10.4. The predicted molar refractivity (Wildman–Crippen MR) is 118 cm³/mol. The second kappa shape index (κ2) is 8.73. The number of halogens is 2. The molecule has 1 aliphatic heterocycles. The van der Waals surface area contributed by atoms with Crippen LogP contribution in [0.4, 0.5) is 25.2 Å². The summed E-state index contributed by atoms with van der Waals surface area (Å²) in [5, 5.41) is 16.9. The number of anilines is 2. The maximum atomic E-state index is 14.4. The molecule has 2 N–H and O–H groups in total. The summed E-state index contributed by atoms with van der Waals surface area (Å²) in [5.41, 5.74) is -0.523. The van der Waals surface area contributed by atoms with Crippen LogP contribution in [0.25, 0.3) is 10.8 Å². The number of ether oxygens (including phenoxy) is 1. The number of alkyl halides is 2. The van der Waals surface area contributed by atoms with Gasteiger partial charge >= 0.3 is 6.09 Å². The summed E-state index contributed by atoms with van der Waals surface area (Å²) in [6.07, 6.45) is 0.360. The first-order chi connectivity index (χ1) is 14.8. The van der Waals surface area contributed by atoms with Crippen molar-refractivity contribution in [2.75, 3.05) is 23.7 Å². The van der Waals surface area contributed by atoms with Crippen LogP contribution in [0.1, 0.15) is 46.7 Å². The van der Waals surface area contributed by atoms with Crippen molar-refractivity contribution >= 4 is 28.5 Å². The highest BCUT2D eigenvalue weighted by Crippen LogP contribution is 2.31. The SMILES string of the molecule is CC(C)Nc1nc(C#N)cc2cnc(N[C@@H]3CN(C(=O)OC(C)(C)C)CC(F)(F)C3)cc12. The normalized spacial score (nSPS) is 18.3. The molecule has 0 unspecified atom stereocenters. The van der Waals surface area contributed by atoms with Gasteiger partial charge in [0, 0.05) is 36.0 Å². The van der Waals surface area contributed by atoms with Gasteiger partial charge in [-0.3, -0.25) is 0 Å². The lowest BCUT2D eigenvalue weighted by Gasteiger charge is -2.38. The maximum Gasteiger partial charge on any atom is 0.410 e. The summed E-state index contributed by atoms with van der Waals surface area (Å²) in [6, 6.07) is 4.71. The Balaban J connectivity index is 1.85. The third kappa shape index (κ3) is 5.93. The van der Waals surface area contributed by atoms with Crippen LogP contribution in [0.15, 0.2) is 18.3 Å². The molecule has 1 atom stereocenters. The maximum absolute atomic E-state index is 14.4. The lowest BCUT2D eigenvalue weighted by molar-refractivity contribution is -0.0722. The lowest BCUT2D eigenvalue weighted by atomic mass is 10.0. The van der Waals surface area contributed by atoms with Gasteiger partial charge in [0.05, 0.1) is 12.6 Å². The van der Waals surface area contributed by atoms with Crippen molar-refractivity contribution in [3.05, 3.63) is 24.0 Å². The zero-order valence-electron chi connectivity index (χ0n) is 18.9. The summed E-state index contributed by atoms with van der Waals surface area (Å²) < 4.78 is 34.0. The van der Waals surface area contributed by atoms with Gasteiger partial charge in [-0.2, -0.15) is 5.26 Å². The second-order valence-corrected chi connectivity index (χ2v) is 9.32. The summed E-state index contributed by atoms with van der Waals surface area (Å²) in [4.78, 5) is 22.0. The van der Waals surface area contributed by atoms with Crippen LogP contribution < -0.4 is 10.6 Å². The fourth-order valence-electron chi connectivity index (χ4n) is 3.54. The average molecular weight is 447 g/mol. The minimum absolute atomic E-state index is 0.0624. The standard InChI is InChI=1S/C22H28F2N6O2/c1-13(2)27-19-17-7-18(26-10-14(17)6-15(9-25)29-19)28-16-8-22(23,24)12-30(11-16)20(31)32-21(3,4)5/h6-7,10,13,16H,8,11-12H2,1-5H3,(H,26,28)(H,27,29)/t16-/m0/s1. The highest BCUT2D eigenvalue weighted by molar-refractivity contribution is 5.93. The van der Waals surface area contributed by atoms with Crippen molar-refractivity contribution in [1.82, 2.24) is 14.9 Å². The number of aromatic nitrogens is 2. The molecule has 0 bridgehead atoms. The van der Waals surface area contributed by atoms with Gasteiger partial charge in [0.15, 0.2) is 0 Å². The molecule has 0 aromatic carbocycles. The van der Waals surface area contributed by atoms with E-state index >= 15 is 0 Å². The molecule has 32 heavy (non-hydrogen) atoms. The number of hydrogen-bond donors (Lipinski definition) is 2. The molecular weight excluding hydrogens is 418 g/mol. The molecule has 8 nitrogen and oxygen atoms in total. The van der Waals surface area contributed by atoms with Crippen molar-refractivity contribution in [1.29, 1.82) is 5.26 Å². The number of likely N-dealkylation sites (tertiary alicyclic amines) is 1. The van der Waals surface area contributed by atoms with Crippen molar-refractivity contribution < 1.29 is 18.3 Å². The zero-order chi connectivity index (χ0) is 23.7. The Hall–Kier alpha value is -3.22. The van der Waals surface area contributed by atoms with Crippen LogP contribution in [0.2, 0.25) is 0 Å². The number of piperidine rings is 1. The van der Waals surface area contributed by atoms with Gasteiger partial charge in [0.1, 0.15) is 29.0 Å². The first-order valence-corrected chi connectivity index (χ1v) is 10.4. The summed E-state index contributed by atoms with van der Waals surface area (Å²) >= 11 is 0. The Morgan fingerprint density at radius 3 is 2.72 bits per heavy atom. The molecular formula is C22H28F2N6O2. The number of carbonyl (C=O) groups excluding carboxylic acids is 1. The minimum atomic E-state index is -3.06. The number of hydrogen-bond acceptors (Lipinski definition) is 7. The number of nitriles is 1. The van der Waals surface area contributed by atoms with E-state index in [-0.39, 0.29) is 18.3 Å². The molecule has 2 aromatic heterocycles. The van der Waals surface area contributed by atoms with Crippen LogP contribution in [0.3, 0.4) is 0 Å². The highest BCUT2D eigenvalue weighted by Gasteiger charge is 2.43. The van der Waals surface area contributed by atoms with Gasteiger partial charge in [-0.15, -0.1) is 0 Å². The summed E-state index contributed by atoms with van der Waals surface area (Å²) in [5.74, 6) is -2.16. The van der Waals surface area contributed by atoms with Crippen LogP contribution in [0, 0.1) is 11.3 Å². The van der Waals surface area contributed by atoms with Gasteiger partial charge in [-0.1, -0.05) is 0 Å². The fourth-order valence-corrected chi connectivity index (χ4v) is 3.54. The van der Waals surface area contributed by atoms with E-state index in [0.29, 0.717) is 22.4 Å². The molecule has 0 radical (unpaired) electrons. The van der Waals surface area contributed by atoms with E-state index in [9.17, 15) is 18.8 Å². The van der Waals surface area contributed by atoms with Crippen LogP contribution in [-0.4, -0.2) is 57.7 Å². The predicted octanol–water partition coefficient (Wildman–Crippen LogP) is 4.38. The van der Waals surface area contributed by atoms with E-state index in [1.54, 1.807) is 39.1 Å². The number of pyridine rings is 2. The van der Waals surface area contributed by atoms with E-state index in [1.165, 1.54) is 0 Å². The number of amides is 1. The average Bonchev–Trinajstić information content (AvgIpc) is 2.65. The van der Waals surface area contributed by atoms with Gasteiger partial charge in [0.25, 0.3) is 5.92 Å². The van der Waals surface area contributed by atoms with E-state index in [4.69, 9.17) is 4.74 Å². The first kappa shape index (κ1) is 23.4. The van der Waals surface area contributed by atoms with E-state index in [0.717, 1.165) is 4.90 Å². The lowest BCUT2D eigenvalue weighted by Crippen LogP contribution is -2.54. The molecule has 172 valence electrons. The van der Waals surface area contributed by atoms with Crippen molar-refractivity contribution in [2.24, 2.45) is 0 Å². The Morgan fingerprint density at radius 1 is 1.38 bits per heavy atom. The largest absolute Gasteiger partial charge is 0.444 e. The van der Waals surface area contributed by atoms with Crippen molar-refractivity contribution in [2.45, 2.75) is 64.6 Å². The topological polar surface area (TPSA) is 103 Å². The number of nitrogens with one attached hydrogen (secondary N) is 2. The molecule has 1 aliphatic rings. The Labute approximate surface area is 186 Å². The smallest absolute Gasteiger partial charge is 0.410 e. The van der Waals surface area contributed by atoms with E-state index in [1.807, 2.05) is 19.9 Å². The van der Waals surface area contributed by atoms with Gasteiger partial charge in [-0.25, -0.2) is 23.5 Å². The number of fused-ring (bicyclic) bond motifs is 1. The Kier molecular flexibility index (Phi) is 6.39. The summed E-state index contributed by atoms with van der Waals surface area (Å²) in [7, 11) is 0. The third-order valence-corrected chi connectivity index (χ3v) is 4.67. The molecule has 0 aliphatic carbocycles. The highest BCUT2D eigenvalue weighted by atomic mass is 19.3. The van der Waals surface area contributed by atoms with E-state index in [2.05, 4.69) is 20.6 Å². The Bertz CT molecular complexity index is 1050. The zero-order valence-corrected chi connectivity index (χ0v) is 18.9. The molecule has 1 amide bonds. The third-order valence-electron chi connectivity index (χ3n) is 4.67. The van der Waals surface area contributed by atoms with Crippen LogP contribution in [0.5, 0.6) is 0 Å². The van der Waals surface area contributed by atoms with Crippen molar-refractivity contribution in [3.8, 4) is 6.07 Å².